The Balaban J connectivity index is 1.47. The Morgan fingerprint density at radius 1 is 0.974 bits per heavy atom. The molecule has 6 rings (SSSR count). The number of benzene rings is 2. The third kappa shape index (κ3) is 4.75. The molecule has 0 radical (unpaired) electrons. The van der Waals surface area contributed by atoms with Gasteiger partial charge in [-0.1, -0.05) is 30.7 Å². The molecule has 1 fully saturated rings. The van der Waals surface area contributed by atoms with Gasteiger partial charge in [-0.15, -0.1) is 0 Å². The van der Waals surface area contributed by atoms with Crippen LogP contribution in [0.5, 0.6) is 0 Å². The van der Waals surface area contributed by atoms with Gasteiger partial charge < -0.3 is 24.9 Å². The molecule has 1 atom stereocenters. The molecule has 9 heteroatoms. The molecule has 0 aliphatic carbocycles. The van der Waals surface area contributed by atoms with Crippen LogP contribution < -0.4 is 10.6 Å². The normalized spacial score (nSPS) is 17.3. The predicted octanol–water partition coefficient (Wildman–Crippen LogP) is 3.50. The van der Waals surface area contributed by atoms with Crippen molar-refractivity contribution in [1.29, 1.82) is 0 Å². The second kappa shape index (κ2) is 10.2. The molecule has 4 N–H and O–H groups in total. The molecule has 2 aromatic carbocycles. The number of carbonyl (C=O) groups is 3. The molecular formula is C30H31N5O4. The number of aromatic amines is 1. The zero-order chi connectivity index (χ0) is 27.1. The fourth-order valence-electron chi connectivity index (χ4n) is 5.90. The molecule has 2 aromatic heterocycles. The molecule has 1 unspecified atom stereocenters. The number of aromatic nitrogens is 2. The predicted molar refractivity (Wildman–Crippen MR) is 151 cm³/mol. The number of β-amino-alcohol motifs (C(OH)–C–C–N with tert-alkyl or cyclic N) is 1. The van der Waals surface area contributed by atoms with Gasteiger partial charge in [-0.25, -0.2) is 0 Å². The Hall–Kier alpha value is -4.21. The number of amides is 3. The van der Waals surface area contributed by atoms with Gasteiger partial charge in [0, 0.05) is 65.5 Å². The summed E-state index contributed by atoms with van der Waals surface area (Å²) in [5, 5.41) is 17.9. The van der Waals surface area contributed by atoms with Crippen LogP contribution in [-0.4, -0.2) is 63.0 Å². The zero-order valence-electron chi connectivity index (χ0n) is 21.8. The van der Waals surface area contributed by atoms with Crippen molar-refractivity contribution in [3.05, 3.63) is 66.0 Å². The van der Waals surface area contributed by atoms with Crippen molar-refractivity contribution >= 4 is 56.4 Å². The number of aliphatic hydroxyl groups is 1. The number of hydrogen-bond donors (Lipinski definition) is 4. The van der Waals surface area contributed by atoms with Crippen LogP contribution in [0.4, 0.5) is 5.69 Å². The Morgan fingerprint density at radius 3 is 2.49 bits per heavy atom. The van der Waals surface area contributed by atoms with E-state index in [0.717, 1.165) is 47.7 Å². The maximum absolute atomic E-state index is 13.3. The first-order valence-electron chi connectivity index (χ1n) is 13.4. The van der Waals surface area contributed by atoms with Crippen molar-refractivity contribution in [2.24, 2.45) is 0 Å². The van der Waals surface area contributed by atoms with E-state index < -0.39 is 17.9 Å². The van der Waals surface area contributed by atoms with E-state index in [1.54, 1.807) is 12.3 Å². The standard InChI is InChI=1S/C30H31N5O4/c1-18(36)32-19-9-10-22-24(17-35(26(22)13-19)16-20(37)15-34-11-5-2-6-12-34)28-27(29(38)33-30(28)39)23-14-31-25-8-4-3-7-21(23)25/h3-4,7-10,13-14,17,20,31,37H,2,5-6,11-12,15-16H2,1H3,(H,32,36)(H,33,38,39). The lowest BCUT2D eigenvalue weighted by molar-refractivity contribution is -0.123. The molecule has 0 spiro atoms. The van der Waals surface area contributed by atoms with Crippen LogP contribution in [0.2, 0.25) is 0 Å². The highest BCUT2D eigenvalue weighted by molar-refractivity contribution is 6.50. The van der Waals surface area contributed by atoms with Gasteiger partial charge in [0.25, 0.3) is 11.8 Å². The smallest absolute Gasteiger partial charge is 0.259 e. The Labute approximate surface area is 225 Å². The Bertz CT molecular complexity index is 1640. The lowest BCUT2D eigenvalue weighted by Gasteiger charge is -2.28. The van der Waals surface area contributed by atoms with E-state index >= 15 is 0 Å². The van der Waals surface area contributed by atoms with Gasteiger partial charge in [0.1, 0.15) is 0 Å². The van der Waals surface area contributed by atoms with Crippen LogP contribution in [0.1, 0.15) is 37.3 Å². The summed E-state index contributed by atoms with van der Waals surface area (Å²) in [6.45, 7) is 4.27. The first-order valence-corrected chi connectivity index (χ1v) is 13.4. The van der Waals surface area contributed by atoms with Gasteiger partial charge in [0.2, 0.25) is 5.91 Å². The van der Waals surface area contributed by atoms with E-state index in [0.29, 0.717) is 41.1 Å². The van der Waals surface area contributed by atoms with Crippen LogP contribution in [-0.2, 0) is 20.9 Å². The summed E-state index contributed by atoms with van der Waals surface area (Å²) >= 11 is 0. The number of para-hydroxylation sites is 1. The van der Waals surface area contributed by atoms with Gasteiger partial charge in [-0.3, -0.25) is 19.7 Å². The molecule has 200 valence electrons. The van der Waals surface area contributed by atoms with Gasteiger partial charge in [0.15, 0.2) is 0 Å². The summed E-state index contributed by atoms with van der Waals surface area (Å²) in [5.74, 6) is -1.09. The molecule has 3 amide bonds. The molecule has 0 bridgehead atoms. The number of piperidine rings is 1. The summed E-state index contributed by atoms with van der Waals surface area (Å²) < 4.78 is 1.92. The topological polar surface area (TPSA) is 119 Å². The molecular weight excluding hydrogens is 494 g/mol. The number of nitrogens with one attached hydrogen (secondary N) is 3. The van der Waals surface area contributed by atoms with E-state index in [1.807, 2.05) is 47.2 Å². The van der Waals surface area contributed by atoms with Crippen LogP contribution in [0.15, 0.2) is 54.9 Å². The maximum atomic E-state index is 13.3. The fraction of sp³-hybridized carbons (Fsp3) is 0.300. The van der Waals surface area contributed by atoms with E-state index in [-0.39, 0.29) is 5.91 Å². The minimum Gasteiger partial charge on any atom is -0.390 e. The number of H-pyrrole nitrogens is 1. The van der Waals surface area contributed by atoms with Crippen molar-refractivity contribution in [2.75, 3.05) is 25.0 Å². The molecule has 4 heterocycles. The summed E-state index contributed by atoms with van der Waals surface area (Å²) in [4.78, 5) is 43.6. The van der Waals surface area contributed by atoms with E-state index in [2.05, 4.69) is 20.5 Å². The summed E-state index contributed by atoms with van der Waals surface area (Å²) in [6.07, 6.45) is 6.46. The highest BCUT2D eigenvalue weighted by Gasteiger charge is 2.35. The van der Waals surface area contributed by atoms with Crippen LogP contribution in [0.3, 0.4) is 0 Å². The van der Waals surface area contributed by atoms with Gasteiger partial charge >= 0.3 is 0 Å². The minimum atomic E-state index is -0.628. The summed E-state index contributed by atoms with van der Waals surface area (Å²) in [6, 6.07) is 13.1. The minimum absolute atomic E-state index is 0.192. The van der Waals surface area contributed by atoms with Gasteiger partial charge in [-0.05, 0) is 44.1 Å². The molecule has 2 aliphatic heterocycles. The van der Waals surface area contributed by atoms with E-state index in [4.69, 9.17) is 0 Å². The fourth-order valence-corrected chi connectivity index (χ4v) is 5.90. The second-order valence-electron chi connectivity index (χ2n) is 10.4. The third-order valence-corrected chi connectivity index (χ3v) is 7.59. The largest absolute Gasteiger partial charge is 0.390 e. The summed E-state index contributed by atoms with van der Waals surface area (Å²) in [5.41, 5.74) is 4.12. The van der Waals surface area contributed by atoms with Gasteiger partial charge in [-0.2, -0.15) is 0 Å². The Kier molecular flexibility index (Phi) is 6.54. The molecule has 2 aliphatic rings. The number of rotatable bonds is 7. The van der Waals surface area contributed by atoms with E-state index in [1.165, 1.54) is 13.3 Å². The van der Waals surface area contributed by atoms with Crippen molar-refractivity contribution in [3.63, 3.8) is 0 Å². The lowest BCUT2D eigenvalue weighted by atomic mass is 9.95. The first-order chi connectivity index (χ1) is 18.9. The number of likely N-dealkylation sites (tertiary alicyclic amines) is 1. The highest BCUT2D eigenvalue weighted by atomic mass is 16.3. The van der Waals surface area contributed by atoms with Crippen LogP contribution in [0, 0.1) is 0 Å². The van der Waals surface area contributed by atoms with Crippen LogP contribution >= 0.6 is 0 Å². The molecule has 1 saturated heterocycles. The maximum Gasteiger partial charge on any atom is 0.259 e. The number of carbonyl (C=O) groups excluding carboxylic acids is 3. The number of hydrogen-bond acceptors (Lipinski definition) is 5. The quantitative estimate of drug-likeness (QED) is 0.276. The SMILES string of the molecule is CC(=O)Nc1ccc2c(C3=C(c4c[nH]c5ccccc45)C(=O)NC3=O)cn(CC(O)CN3CCCCC3)c2c1. The monoisotopic (exact) mass is 525 g/mol. The molecule has 39 heavy (non-hydrogen) atoms. The van der Waals surface area contributed by atoms with Crippen molar-refractivity contribution in [2.45, 2.75) is 38.8 Å². The highest BCUT2D eigenvalue weighted by Crippen LogP contribution is 2.39. The second-order valence-corrected chi connectivity index (χ2v) is 10.4. The molecule has 4 aromatic rings. The number of imide groups is 1. The molecule has 0 saturated carbocycles. The number of fused-ring (bicyclic) bond motifs is 2. The van der Waals surface area contributed by atoms with Crippen molar-refractivity contribution in [1.82, 2.24) is 19.8 Å². The average molecular weight is 526 g/mol. The van der Waals surface area contributed by atoms with Crippen molar-refractivity contribution < 1.29 is 19.5 Å². The number of nitrogens with zero attached hydrogens (tertiary/aromatic N) is 2. The van der Waals surface area contributed by atoms with Crippen LogP contribution in [0.25, 0.3) is 33.0 Å². The lowest BCUT2D eigenvalue weighted by Crippen LogP contribution is -2.37. The number of anilines is 1. The van der Waals surface area contributed by atoms with Gasteiger partial charge in [0.05, 0.1) is 22.8 Å². The van der Waals surface area contributed by atoms with Crippen molar-refractivity contribution in [3.8, 4) is 0 Å². The zero-order valence-corrected chi connectivity index (χ0v) is 21.8. The number of aliphatic hydroxyl groups excluding tert-OH is 1. The first kappa shape index (κ1) is 25.1. The third-order valence-electron chi connectivity index (χ3n) is 7.59. The van der Waals surface area contributed by atoms with E-state index in [9.17, 15) is 19.5 Å². The summed E-state index contributed by atoms with van der Waals surface area (Å²) in [7, 11) is 0. The Morgan fingerprint density at radius 2 is 1.72 bits per heavy atom. The average Bonchev–Trinajstić information content (AvgIpc) is 3.57. The molecule has 9 nitrogen and oxygen atoms in total.